The van der Waals surface area contributed by atoms with E-state index in [4.69, 9.17) is 4.74 Å². The van der Waals surface area contributed by atoms with Crippen molar-refractivity contribution in [3.05, 3.63) is 41.5 Å². The Bertz CT molecular complexity index is 603. The monoisotopic (exact) mass is 287 g/mol. The molecule has 5 heteroatoms. The summed E-state index contributed by atoms with van der Waals surface area (Å²) in [4.78, 5) is 15.1. The molecule has 0 aliphatic rings. The van der Waals surface area contributed by atoms with Gasteiger partial charge in [0.2, 0.25) is 0 Å². The number of nitrogens with zero attached hydrogens (tertiary/aromatic N) is 3. The smallest absolute Gasteiger partial charge is 0.172 e. The molecule has 0 aromatic carbocycles. The molecule has 0 bridgehead atoms. The third-order valence-electron chi connectivity index (χ3n) is 3.49. The second-order valence-corrected chi connectivity index (χ2v) is 5.00. The summed E-state index contributed by atoms with van der Waals surface area (Å²) >= 11 is 0. The van der Waals surface area contributed by atoms with Crippen molar-refractivity contribution in [3.63, 3.8) is 0 Å². The highest BCUT2D eigenvalue weighted by molar-refractivity contribution is 5.76. The molecule has 0 radical (unpaired) electrons. The van der Waals surface area contributed by atoms with Crippen molar-refractivity contribution in [1.29, 1.82) is 0 Å². The van der Waals surface area contributed by atoms with E-state index < -0.39 is 0 Å². The van der Waals surface area contributed by atoms with Gasteiger partial charge in [-0.15, -0.1) is 0 Å². The molecule has 0 fully saturated rings. The van der Waals surface area contributed by atoms with Gasteiger partial charge in [0.1, 0.15) is 18.1 Å². The van der Waals surface area contributed by atoms with Crippen LogP contribution in [0.1, 0.15) is 54.6 Å². The quantitative estimate of drug-likeness (QED) is 0.733. The van der Waals surface area contributed by atoms with Crippen LogP contribution in [0, 0.1) is 6.92 Å². The average Bonchev–Trinajstić information content (AvgIpc) is 2.96. The van der Waals surface area contributed by atoms with Crippen LogP contribution in [0.3, 0.4) is 0 Å². The standard InChI is InChI=1S/C16H21N3O2/c1-4-14(5-2)19-9-8-13(18-19)11-21-16-7-6-12(3)17-15(16)10-20/h6-10,14H,4-5,11H2,1-3H3. The molecule has 2 aromatic rings. The summed E-state index contributed by atoms with van der Waals surface area (Å²) in [6, 6.07) is 5.96. The number of rotatable bonds is 7. The Morgan fingerprint density at radius 3 is 2.71 bits per heavy atom. The van der Waals surface area contributed by atoms with Gasteiger partial charge in [0.25, 0.3) is 0 Å². The largest absolute Gasteiger partial charge is 0.485 e. The van der Waals surface area contributed by atoms with E-state index >= 15 is 0 Å². The fourth-order valence-corrected chi connectivity index (χ4v) is 2.24. The second-order valence-electron chi connectivity index (χ2n) is 5.00. The fourth-order valence-electron chi connectivity index (χ4n) is 2.24. The molecule has 21 heavy (non-hydrogen) atoms. The van der Waals surface area contributed by atoms with Crippen molar-refractivity contribution >= 4 is 6.29 Å². The van der Waals surface area contributed by atoms with Gasteiger partial charge in [-0.05, 0) is 38.0 Å². The van der Waals surface area contributed by atoms with E-state index in [-0.39, 0.29) is 0 Å². The summed E-state index contributed by atoms with van der Waals surface area (Å²) < 4.78 is 7.64. The molecule has 112 valence electrons. The number of carbonyl (C=O) groups is 1. The summed E-state index contributed by atoms with van der Waals surface area (Å²) in [5.41, 5.74) is 1.97. The van der Waals surface area contributed by atoms with Gasteiger partial charge >= 0.3 is 0 Å². The summed E-state index contributed by atoms with van der Waals surface area (Å²) in [6.45, 7) is 6.48. The molecule has 0 aliphatic carbocycles. The Balaban J connectivity index is 2.05. The van der Waals surface area contributed by atoms with E-state index in [1.165, 1.54) is 0 Å². The average molecular weight is 287 g/mol. The summed E-state index contributed by atoms with van der Waals surface area (Å²) in [6.07, 6.45) is 4.79. The molecule has 0 atom stereocenters. The predicted molar refractivity (Wildman–Crippen MR) is 80.5 cm³/mol. The second kappa shape index (κ2) is 7.02. The lowest BCUT2D eigenvalue weighted by atomic mass is 10.2. The highest BCUT2D eigenvalue weighted by atomic mass is 16.5. The van der Waals surface area contributed by atoms with Crippen molar-refractivity contribution < 1.29 is 9.53 Å². The number of aromatic nitrogens is 3. The number of pyridine rings is 1. The van der Waals surface area contributed by atoms with Crippen LogP contribution in [-0.4, -0.2) is 21.1 Å². The first-order chi connectivity index (χ1) is 10.2. The Morgan fingerprint density at radius 1 is 1.29 bits per heavy atom. The van der Waals surface area contributed by atoms with Gasteiger partial charge in [0.15, 0.2) is 6.29 Å². The van der Waals surface area contributed by atoms with Crippen molar-refractivity contribution in [2.24, 2.45) is 0 Å². The molecule has 0 aliphatic heterocycles. The van der Waals surface area contributed by atoms with Crippen molar-refractivity contribution in [3.8, 4) is 5.75 Å². The van der Waals surface area contributed by atoms with E-state index in [9.17, 15) is 4.79 Å². The highest BCUT2D eigenvalue weighted by Crippen LogP contribution is 2.18. The maximum absolute atomic E-state index is 11.0. The molecule has 5 nitrogen and oxygen atoms in total. The molecular formula is C16H21N3O2. The zero-order valence-electron chi connectivity index (χ0n) is 12.7. The molecule has 2 aromatic heterocycles. The molecular weight excluding hydrogens is 266 g/mol. The minimum Gasteiger partial charge on any atom is -0.485 e. The highest BCUT2D eigenvalue weighted by Gasteiger charge is 2.09. The summed E-state index contributed by atoms with van der Waals surface area (Å²) in [7, 11) is 0. The lowest BCUT2D eigenvalue weighted by molar-refractivity contribution is 0.111. The topological polar surface area (TPSA) is 57.0 Å². The van der Waals surface area contributed by atoms with Gasteiger partial charge in [-0.2, -0.15) is 5.10 Å². The lowest BCUT2D eigenvalue weighted by Gasteiger charge is -2.12. The van der Waals surface area contributed by atoms with Crippen LogP contribution in [0.4, 0.5) is 0 Å². The van der Waals surface area contributed by atoms with Crippen LogP contribution in [0.5, 0.6) is 5.75 Å². The maximum Gasteiger partial charge on any atom is 0.172 e. The van der Waals surface area contributed by atoms with Crippen LogP contribution in [0.25, 0.3) is 0 Å². The van der Waals surface area contributed by atoms with Gasteiger partial charge in [-0.1, -0.05) is 13.8 Å². The zero-order chi connectivity index (χ0) is 15.2. The number of hydrogen-bond acceptors (Lipinski definition) is 4. The number of hydrogen-bond donors (Lipinski definition) is 0. The van der Waals surface area contributed by atoms with Gasteiger partial charge in [-0.25, -0.2) is 4.98 Å². The summed E-state index contributed by atoms with van der Waals surface area (Å²) in [5, 5.41) is 4.52. The van der Waals surface area contributed by atoms with Crippen LogP contribution < -0.4 is 4.74 Å². The molecule has 0 N–H and O–H groups in total. The lowest BCUT2D eigenvalue weighted by Crippen LogP contribution is -2.08. The number of aryl methyl sites for hydroxylation is 1. The van der Waals surface area contributed by atoms with E-state index in [1.54, 1.807) is 6.07 Å². The van der Waals surface area contributed by atoms with E-state index in [0.29, 0.717) is 30.4 Å². The molecule has 0 amide bonds. The first-order valence-electron chi connectivity index (χ1n) is 7.27. The van der Waals surface area contributed by atoms with Crippen molar-refractivity contribution in [2.75, 3.05) is 0 Å². The third kappa shape index (κ3) is 3.68. The normalized spacial score (nSPS) is 10.9. The number of ether oxygens (including phenoxy) is 1. The third-order valence-corrected chi connectivity index (χ3v) is 3.49. The minimum absolute atomic E-state index is 0.328. The summed E-state index contributed by atoms with van der Waals surface area (Å²) in [5.74, 6) is 0.493. The predicted octanol–water partition coefficient (Wildman–Crippen LogP) is 3.34. The molecule has 0 saturated carbocycles. The first-order valence-corrected chi connectivity index (χ1v) is 7.27. The van der Waals surface area contributed by atoms with Gasteiger partial charge in [0, 0.05) is 11.9 Å². The Kier molecular flexibility index (Phi) is 5.09. The van der Waals surface area contributed by atoms with E-state index in [2.05, 4.69) is 23.9 Å². The number of aldehydes is 1. The Labute approximate surface area is 125 Å². The molecule has 2 rings (SSSR count). The van der Waals surface area contributed by atoms with Crippen LogP contribution >= 0.6 is 0 Å². The van der Waals surface area contributed by atoms with E-state index in [0.717, 1.165) is 24.2 Å². The van der Waals surface area contributed by atoms with Crippen LogP contribution in [0.15, 0.2) is 24.4 Å². The Hall–Kier alpha value is -2.17. The molecule has 2 heterocycles. The van der Waals surface area contributed by atoms with Crippen molar-refractivity contribution in [2.45, 2.75) is 46.3 Å². The van der Waals surface area contributed by atoms with Gasteiger partial charge < -0.3 is 4.74 Å². The maximum atomic E-state index is 11.0. The van der Waals surface area contributed by atoms with Gasteiger partial charge in [-0.3, -0.25) is 9.48 Å². The van der Waals surface area contributed by atoms with E-state index in [1.807, 2.05) is 29.9 Å². The van der Waals surface area contributed by atoms with Crippen LogP contribution in [0.2, 0.25) is 0 Å². The van der Waals surface area contributed by atoms with Crippen molar-refractivity contribution in [1.82, 2.24) is 14.8 Å². The molecule has 0 saturated heterocycles. The first kappa shape index (κ1) is 15.2. The SMILES string of the molecule is CCC(CC)n1ccc(COc2ccc(C)nc2C=O)n1. The van der Waals surface area contributed by atoms with Crippen LogP contribution in [-0.2, 0) is 6.61 Å². The van der Waals surface area contributed by atoms with Gasteiger partial charge in [0.05, 0.1) is 11.7 Å². The number of carbonyl (C=O) groups excluding carboxylic acids is 1. The minimum atomic E-state index is 0.328. The Morgan fingerprint density at radius 2 is 2.05 bits per heavy atom. The fraction of sp³-hybridized carbons (Fsp3) is 0.438. The molecule has 0 spiro atoms. The molecule has 0 unspecified atom stereocenters. The zero-order valence-corrected chi connectivity index (χ0v) is 12.7.